The van der Waals surface area contributed by atoms with Crippen LogP contribution in [0.4, 0.5) is 0 Å². The highest BCUT2D eigenvalue weighted by atomic mass is 16.8. The number of amides is 2. The van der Waals surface area contributed by atoms with Crippen LogP contribution in [-0.2, 0) is 47.6 Å². The molecule has 3 aliphatic heterocycles. The van der Waals surface area contributed by atoms with E-state index in [0.717, 1.165) is 13.8 Å². The Labute approximate surface area is 294 Å². The molecule has 0 aromatic carbocycles. The first-order valence-electron chi connectivity index (χ1n) is 15.9. The Kier molecular flexibility index (Phi) is 15.5. The van der Waals surface area contributed by atoms with E-state index in [2.05, 4.69) is 10.6 Å². The van der Waals surface area contributed by atoms with Gasteiger partial charge in [0.1, 0.15) is 73.1 Å². The van der Waals surface area contributed by atoms with Gasteiger partial charge >= 0.3 is 11.9 Å². The van der Waals surface area contributed by atoms with Crippen LogP contribution in [0.3, 0.4) is 0 Å². The Balaban J connectivity index is 2.00. The Morgan fingerprint density at radius 2 is 1.38 bits per heavy atom. The normalized spacial score (nSPS) is 39.9. The first-order chi connectivity index (χ1) is 24.3. The SMILES string of the molecule is CC(=O)N[C@H]1[C@H]([C@H](O)[C@H](O)CO)O[C@@](O[C@H]2[C@@H](O)[C@@H](CO)OC(O[C@H]3[C@@H](O)[C@@H](CO)OC(OC[C@H](N)C(=O)O)[C@@H]3NC(C)=O)[C@@H]2O)(C(=O)O)C[C@@H]1O. The van der Waals surface area contributed by atoms with E-state index in [0.29, 0.717) is 0 Å². The van der Waals surface area contributed by atoms with E-state index < -0.39 is 160 Å². The smallest absolute Gasteiger partial charge is 0.364 e. The number of nitrogens with two attached hydrogens (primary N) is 1. The number of carboxylic acids is 2. The molecule has 3 saturated heterocycles. The molecule has 2 amide bonds. The van der Waals surface area contributed by atoms with E-state index in [9.17, 15) is 70.2 Å². The minimum absolute atomic E-state index is 0.703. The van der Waals surface area contributed by atoms with Gasteiger partial charge in [-0.3, -0.25) is 14.4 Å². The van der Waals surface area contributed by atoms with Crippen LogP contribution in [0.15, 0.2) is 0 Å². The molecule has 15 N–H and O–H groups in total. The fourth-order valence-corrected chi connectivity index (χ4v) is 5.96. The van der Waals surface area contributed by atoms with Crippen LogP contribution < -0.4 is 16.4 Å². The number of aliphatic hydroxyl groups excluding tert-OH is 9. The van der Waals surface area contributed by atoms with Gasteiger partial charge in [0.25, 0.3) is 5.79 Å². The molecular formula is C28H47N3O21. The average molecular weight is 762 g/mol. The van der Waals surface area contributed by atoms with Crippen LogP contribution in [-0.4, -0.2) is 210 Å². The Morgan fingerprint density at radius 3 is 1.88 bits per heavy atom. The summed E-state index contributed by atoms with van der Waals surface area (Å²) in [7, 11) is 0. The van der Waals surface area contributed by atoms with Crippen molar-refractivity contribution in [3.05, 3.63) is 0 Å². The zero-order chi connectivity index (χ0) is 39.2. The molecule has 3 aliphatic rings. The van der Waals surface area contributed by atoms with E-state index in [1.165, 1.54) is 0 Å². The number of aliphatic carboxylic acids is 2. The summed E-state index contributed by atoms with van der Waals surface area (Å²) in [5.41, 5.74) is 5.49. The van der Waals surface area contributed by atoms with Gasteiger partial charge in [0, 0.05) is 20.3 Å². The van der Waals surface area contributed by atoms with E-state index >= 15 is 0 Å². The summed E-state index contributed by atoms with van der Waals surface area (Å²) in [5.74, 6) is -8.11. The summed E-state index contributed by atoms with van der Waals surface area (Å²) in [6.45, 7) is -1.65. The van der Waals surface area contributed by atoms with Crippen LogP contribution in [0.25, 0.3) is 0 Å². The zero-order valence-corrected chi connectivity index (χ0v) is 27.9. The van der Waals surface area contributed by atoms with Crippen molar-refractivity contribution < 1.29 is 104 Å². The number of hydrogen-bond donors (Lipinski definition) is 14. The maximum absolute atomic E-state index is 12.8. The fourth-order valence-electron chi connectivity index (χ4n) is 5.96. The molecule has 3 rings (SSSR count). The minimum atomic E-state index is -3.09. The van der Waals surface area contributed by atoms with Crippen molar-refractivity contribution in [1.82, 2.24) is 10.6 Å². The third-order valence-corrected chi connectivity index (χ3v) is 8.61. The van der Waals surface area contributed by atoms with Gasteiger partial charge in [-0.1, -0.05) is 0 Å². The lowest BCUT2D eigenvalue weighted by Crippen LogP contribution is -2.71. The number of nitrogens with one attached hydrogen (secondary N) is 2. The van der Waals surface area contributed by atoms with E-state index in [-0.39, 0.29) is 0 Å². The molecule has 300 valence electrons. The molecule has 0 bridgehead atoms. The van der Waals surface area contributed by atoms with Crippen molar-refractivity contribution >= 4 is 23.8 Å². The van der Waals surface area contributed by atoms with Crippen LogP contribution in [0.1, 0.15) is 20.3 Å². The molecular weight excluding hydrogens is 714 g/mol. The highest BCUT2D eigenvalue weighted by Gasteiger charge is 2.60. The zero-order valence-electron chi connectivity index (χ0n) is 27.9. The van der Waals surface area contributed by atoms with Crippen LogP contribution in [0.2, 0.25) is 0 Å². The molecule has 0 aromatic heterocycles. The quantitative estimate of drug-likeness (QED) is 0.0694. The second-order valence-electron chi connectivity index (χ2n) is 12.5. The fraction of sp³-hybridized carbons (Fsp3) is 0.857. The van der Waals surface area contributed by atoms with Gasteiger partial charge in [0.2, 0.25) is 11.8 Å². The lowest BCUT2D eigenvalue weighted by molar-refractivity contribution is -0.381. The first kappa shape index (κ1) is 43.6. The number of ether oxygens (including phenoxy) is 6. The van der Waals surface area contributed by atoms with Gasteiger partial charge in [0.05, 0.1) is 38.6 Å². The third-order valence-electron chi connectivity index (χ3n) is 8.61. The van der Waals surface area contributed by atoms with Gasteiger partial charge in [-0.2, -0.15) is 0 Å². The molecule has 3 fully saturated rings. The maximum atomic E-state index is 12.8. The molecule has 2 unspecified atom stereocenters. The molecule has 0 saturated carbocycles. The van der Waals surface area contributed by atoms with Crippen molar-refractivity contribution in [3.8, 4) is 0 Å². The monoisotopic (exact) mass is 761 g/mol. The summed E-state index contributed by atoms with van der Waals surface area (Å²) < 4.78 is 33.4. The second-order valence-corrected chi connectivity index (χ2v) is 12.5. The molecule has 0 radical (unpaired) electrons. The molecule has 17 atom stereocenters. The number of carboxylic acid groups (broad SMARTS) is 2. The van der Waals surface area contributed by atoms with E-state index in [1.54, 1.807) is 0 Å². The maximum Gasteiger partial charge on any atom is 0.364 e. The van der Waals surface area contributed by atoms with Gasteiger partial charge in [0.15, 0.2) is 12.6 Å². The summed E-state index contributed by atoms with van der Waals surface area (Å²) in [5, 5.41) is 119. The number of rotatable bonds is 16. The number of carbonyl (C=O) groups is 4. The predicted octanol–water partition coefficient (Wildman–Crippen LogP) is -8.64. The van der Waals surface area contributed by atoms with Gasteiger partial charge in [-0.05, 0) is 0 Å². The average Bonchev–Trinajstić information content (AvgIpc) is 3.08. The molecule has 0 aliphatic carbocycles. The van der Waals surface area contributed by atoms with Crippen molar-refractivity contribution in [3.63, 3.8) is 0 Å². The Morgan fingerprint density at radius 1 is 0.846 bits per heavy atom. The summed E-state index contributed by atoms with van der Waals surface area (Å²) in [6.07, 6.45) is -26.3. The number of hydrogen-bond acceptors (Lipinski definition) is 20. The number of carbonyl (C=O) groups excluding carboxylic acids is 2. The van der Waals surface area contributed by atoms with Crippen LogP contribution in [0.5, 0.6) is 0 Å². The van der Waals surface area contributed by atoms with Crippen molar-refractivity contribution in [2.45, 2.75) is 124 Å². The lowest BCUT2D eigenvalue weighted by Gasteiger charge is -2.51. The molecule has 24 heteroatoms. The van der Waals surface area contributed by atoms with Crippen molar-refractivity contribution in [1.29, 1.82) is 0 Å². The summed E-state index contributed by atoms with van der Waals surface area (Å²) in [4.78, 5) is 48.0. The number of aliphatic hydroxyl groups is 9. The topological polar surface area (TPSA) is 396 Å². The predicted molar refractivity (Wildman–Crippen MR) is 161 cm³/mol. The largest absolute Gasteiger partial charge is 0.480 e. The molecule has 52 heavy (non-hydrogen) atoms. The second kappa shape index (κ2) is 18.5. The Bertz CT molecular complexity index is 1230. The third kappa shape index (κ3) is 9.85. The molecule has 0 spiro atoms. The Hall–Kier alpha value is -2.76. The molecule has 0 aromatic rings. The van der Waals surface area contributed by atoms with E-state index in [1.807, 2.05) is 0 Å². The van der Waals surface area contributed by atoms with Crippen molar-refractivity contribution in [2.24, 2.45) is 5.73 Å². The molecule has 3 heterocycles. The highest BCUT2D eigenvalue weighted by molar-refractivity contribution is 5.77. The van der Waals surface area contributed by atoms with Gasteiger partial charge < -0.3 is 101 Å². The van der Waals surface area contributed by atoms with Gasteiger partial charge in [-0.25, -0.2) is 4.79 Å². The summed E-state index contributed by atoms with van der Waals surface area (Å²) in [6, 6.07) is -4.73. The van der Waals surface area contributed by atoms with Crippen LogP contribution in [0, 0.1) is 0 Å². The first-order valence-corrected chi connectivity index (χ1v) is 15.9. The van der Waals surface area contributed by atoms with Gasteiger partial charge in [-0.15, -0.1) is 0 Å². The highest BCUT2D eigenvalue weighted by Crippen LogP contribution is 2.38. The minimum Gasteiger partial charge on any atom is -0.480 e. The van der Waals surface area contributed by atoms with E-state index in [4.69, 9.17) is 39.3 Å². The standard InChI is InChI=1S/C28H47N3O21/c1-8(35)30-15-11(37)3-28(27(45)46,51-22(15)17(39)12(38)4-32)52-23-19(41)14(6-34)49-26(20(23)42)50-21-16(31-9(2)36)25(47-7-10(29)24(43)44)48-13(5-33)18(21)40/h10-23,25-26,32-34,37-42H,3-7,29H2,1-2H3,(H,30,35)(H,31,36)(H,43,44)(H,45,46)/t10-,11-,12+,13+,14+,15+,16+,17+,18-,19-,20+,21+,22+,23-,25?,26?,28-/m0/s1. The summed E-state index contributed by atoms with van der Waals surface area (Å²) >= 11 is 0. The van der Waals surface area contributed by atoms with Crippen molar-refractivity contribution in [2.75, 3.05) is 26.4 Å². The lowest BCUT2D eigenvalue weighted by atomic mass is 9.88. The van der Waals surface area contributed by atoms with Crippen LogP contribution >= 0.6 is 0 Å². The molecule has 24 nitrogen and oxygen atoms in total.